The quantitative estimate of drug-likeness (QED) is 0.422. The maximum absolute atomic E-state index is 13.4. The number of anilines is 1. The molecule has 1 aromatic carbocycles. The number of aryl methyl sites for hydroxylation is 3. The highest BCUT2D eigenvalue weighted by Gasteiger charge is 2.19. The number of halogens is 2. The van der Waals surface area contributed by atoms with Crippen molar-refractivity contribution in [3.63, 3.8) is 0 Å². The first-order chi connectivity index (χ1) is 15.3. The molecule has 0 saturated heterocycles. The number of nitrogens with zero attached hydrogens (tertiary/aromatic N) is 4. The van der Waals surface area contributed by atoms with E-state index in [1.54, 1.807) is 23.2 Å². The number of hydrogen-bond acceptors (Lipinski definition) is 6. The molecule has 0 bridgehead atoms. The van der Waals surface area contributed by atoms with Crippen LogP contribution in [0.15, 0.2) is 23.6 Å². The maximum Gasteiger partial charge on any atom is 0.242 e. The van der Waals surface area contributed by atoms with Gasteiger partial charge in [-0.3, -0.25) is 4.79 Å². The van der Waals surface area contributed by atoms with Crippen LogP contribution in [0.4, 0.5) is 9.52 Å². The summed E-state index contributed by atoms with van der Waals surface area (Å²) < 4.78 is 20.5. The van der Waals surface area contributed by atoms with Crippen molar-refractivity contribution in [1.82, 2.24) is 19.7 Å². The Bertz CT molecular complexity index is 1330. The largest absolute Gasteiger partial charge is 0.479 e. The average Bonchev–Trinajstić information content (AvgIpc) is 3.34. The number of rotatable bonds is 6. The molecule has 32 heavy (non-hydrogen) atoms. The Balaban J connectivity index is 1.47. The number of pyridine rings is 1. The second kappa shape index (κ2) is 8.84. The highest BCUT2D eigenvalue weighted by molar-refractivity contribution is 7.14. The number of amides is 1. The minimum absolute atomic E-state index is 0.0302. The second-order valence-corrected chi connectivity index (χ2v) is 8.61. The molecular formula is C22H21ClFN5O2S. The van der Waals surface area contributed by atoms with Crippen LogP contribution in [0, 0.1) is 19.7 Å². The summed E-state index contributed by atoms with van der Waals surface area (Å²) in [5.41, 5.74) is 4.93. The van der Waals surface area contributed by atoms with Gasteiger partial charge in [0.25, 0.3) is 0 Å². The van der Waals surface area contributed by atoms with E-state index >= 15 is 0 Å². The molecule has 0 atom stereocenters. The fourth-order valence-electron chi connectivity index (χ4n) is 3.65. The van der Waals surface area contributed by atoms with Crippen molar-refractivity contribution in [1.29, 1.82) is 0 Å². The van der Waals surface area contributed by atoms with Crippen LogP contribution in [0.2, 0.25) is 5.02 Å². The molecule has 0 aliphatic rings. The van der Waals surface area contributed by atoms with Crippen molar-refractivity contribution in [2.75, 3.05) is 12.4 Å². The zero-order valence-corrected chi connectivity index (χ0v) is 19.6. The Morgan fingerprint density at radius 3 is 2.81 bits per heavy atom. The molecule has 1 N–H and O–H groups in total. The predicted octanol–water partition coefficient (Wildman–Crippen LogP) is 5.08. The SMILES string of the molecule is COc1nn(C)c2nc(C)c(CCC(=O)Nc3nc(-c4ccc(F)c(Cl)c4)cs3)c(C)c12. The van der Waals surface area contributed by atoms with Crippen molar-refractivity contribution in [3.8, 4) is 17.1 Å². The van der Waals surface area contributed by atoms with E-state index in [0.717, 1.165) is 27.9 Å². The number of aromatic nitrogens is 4. The molecule has 4 rings (SSSR count). The molecule has 4 aromatic rings. The molecule has 0 unspecified atom stereocenters. The van der Waals surface area contributed by atoms with Gasteiger partial charge in [-0.25, -0.2) is 19.0 Å². The highest BCUT2D eigenvalue weighted by Crippen LogP contribution is 2.31. The van der Waals surface area contributed by atoms with Crippen LogP contribution < -0.4 is 10.1 Å². The maximum atomic E-state index is 13.4. The van der Waals surface area contributed by atoms with Gasteiger partial charge in [-0.05, 0) is 49.6 Å². The van der Waals surface area contributed by atoms with Crippen LogP contribution in [-0.4, -0.2) is 32.8 Å². The van der Waals surface area contributed by atoms with Crippen molar-refractivity contribution < 1.29 is 13.9 Å². The van der Waals surface area contributed by atoms with E-state index in [0.29, 0.717) is 28.7 Å². The zero-order chi connectivity index (χ0) is 23.0. The van der Waals surface area contributed by atoms with Crippen LogP contribution in [0.5, 0.6) is 5.88 Å². The minimum Gasteiger partial charge on any atom is -0.479 e. The molecule has 0 aliphatic heterocycles. The fraction of sp³-hybridized carbons (Fsp3) is 0.273. The van der Waals surface area contributed by atoms with Gasteiger partial charge in [0.2, 0.25) is 11.8 Å². The van der Waals surface area contributed by atoms with Crippen molar-refractivity contribution in [3.05, 3.63) is 51.2 Å². The number of thiazole rings is 1. The number of methoxy groups -OCH3 is 1. The molecule has 0 spiro atoms. The number of nitrogens with one attached hydrogen (secondary N) is 1. The Morgan fingerprint density at radius 1 is 1.31 bits per heavy atom. The first kappa shape index (κ1) is 22.2. The van der Waals surface area contributed by atoms with E-state index in [9.17, 15) is 9.18 Å². The Kier molecular flexibility index (Phi) is 6.12. The highest BCUT2D eigenvalue weighted by atomic mass is 35.5. The van der Waals surface area contributed by atoms with E-state index in [2.05, 4.69) is 20.4 Å². The molecule has 3 heterocycles. The van der Waals surface area contributed by atoms with Gasteiger partial charge < -0.3 is 10.1 Å². The van der Waals surface area contributed by atoms with Gasteiger partial charge >= 0.3 is 0 Å². The number of carbonyl (C=O) groups excluding carboxylic acids is 1. The third-order valence-corrected chi connectivity index (χ3v) is 6.33. The number of fused-ring (bicyclic) bond motifs is 1. The molecule has 0 aliphatic carbocycles. The molecule has 7 nitrogen and oxygen atoms in total. The number of ether oxygens (including phenoxy) is 1. The lowest BCUT2D eigenvalue weighted by Gasteiger charge is -2.11. The Labute approximate surface area is 193 Å². The summed E-state index contributed by atoms with van der Waals surface area (Å²) in [5.74, 6) is -0.115. The summed E-state index contributed by atoms with van der Waals surface area (Å²) in [5, 5.41) is 10.3. The van der Waals surface area contributed by atoms with Crippen molar-refractivity contribution in [2.24, 2.45) is 7.05 Å². The van der Waals surface area contributed by atoms with Gasteiger partial charge in [-0.1, -0.05) is 11.6 Å². The zero-order valence-electron chi connectivity index (χ0n) is 18.0. The van der Waals surface area contributed by atoms with Crippen LogP contribution in [0.25, 0.3) is 22.3 Å². The smallest absolute Gasteiger partial charge is 0.242 e. The minimum atomic E-state index is -0.485. The van der Waals surface area contributed by atoms with Gasteiger partial charge in [0.15, 0.2) is 10.8 Å². The summed E-state index contributed by atoms with van der Waals surface area (Å²) in [6, 6.07) is 4.41. The summed E-state index contributed by atoms with van der Waals surface area (Å²) in [6.07, 6.45) is 0.797. The Morgan fingerprint density at radius 2 is 2.09 bits per heavy atom. The Hall–Kier alpha value is -3.04. The van der Waals surface area contributed by atoms with Crippen molar-refractivity contribution in [2.45, 2.75) is 26.7 Å². The van der Waals surface area contributed by atoms with E-state index < -0.39 is 5.82 Å². The number of hydrogen-bond donors (Lipinski definition) is 1. The van der Waals surface area contributed by atoms with Crippen molar-refractivity contribution >= 4 is 45.0 Å². The van der Waals surface area contributed by atoms with Gasteiger partial charge in [0, 0.05) is 30.1 Å². The lowest BCUT2D eigenvalue weighted by atomic mass is 10.00. The van der Waals surface area contributed by atoms with Crippen LogP contribution in [0.3, 0.4) is 0 Å². The number of benzene rings is 1. The van der Waals surface area contributed by atoms with E-state index in [1.165, 1.54) is 23.5 Å². The first-order valence-corrected chi connectivity index (χ1v) is 11.1. The van der Waals surface area contributed by atoms with Crippen LogP contribution >= 0.6 is 22.9 Å². The van der Waals surface area contributed by atoms with Gasteiger partial charge in [0.1, 0.15) is 5.82 Å². The van der Waals surface area contributed by atoms with Gasteiger partial charge in [-0.15, -0.1) is 16.4 Å². The molecule has 3 aromatic heterocycles. The summed E-state index contributed by atoms with van der Waals surface area (Å²) in [4.78, 5) is 21.6. The molecule has 0 fully saturated rings. The standard InChI is InChI=1S/C22H21ClFN5O2S/c1-11-14(12(2)25-20-19(11)21(31-4)28-29(20)3)6-8-18(30)27-22-26-17(10-32-22)13-5-7-16(24)15(23)9-13/h5,7,9-10H,6,8H2,1-4H3,(H,26,27,30). The predicted molar refractivity (Wildman–Crippen MR) is 124 cm³/mol. The monoisotopic (exact) mass is 473 g/mol. The lowest BCUT2D eigenvalue weighted by molar-refractivity contribution is -0.116. The summed E-state index contributed by atoms with van der Waals surface area (Å²) in [7, 11) is 3.41. The first-order valence-electron chi connectivity index (χ1n) is 9.86. The average molecular weight is 474 g/mol. The fourth-order valence-corrected chi connectivity index (χ4v) is 4.56. The lowest BCUT2D eigenvalue weighted by Crippen LogP contribution is -2.13. The number of carbonyl (C=O) groups is 1. The third-order valence-electron chi connectivity index (χ3n) is 5.28. The van der Waals surface area contributed by atoms with E-state index in [4.69, 9.17) is 16.3 Å². The van der Waals surface area contributed by atoms with Gasteiger partial charge in [0.05, 0.1) is 23.2 Å². The molecule has 166 valence electrons. The molecular weight excluding hydrogens is 453 g/mol. The second-order valence-electron chi connectivity index (χ2n) is 7.35. The molecule has 10 heteroatoms. The van der Waals surface area contributed by atoms with Crippen LogP contribution in [0.1, 0.15) is 23.2 Å². The van der Waals surface area contributed by atoms with Crippen LogP contribution in [-0.2, 0) is 18.3 Å². The van der Waals surface area contributed by atoms with E-state index in [-0.39, 0.29) is 17.4 Å². The topological polar surface area (TPSA) is 81.9 Å². The third kappa shape index (κ3) is 4.18. The summed E-state index contributed by atoms with van der Waals surface area (Å²) in [6.45, 7) is 3.93. The molecule has 0 saturated carbocycles. The van der Waals surface area contributed by atoms with Gasteiger partial charge in [-0.2, -0.15) is 0 Å². The molecule has 0 radical (unpaired) electrons. The molecule has 1 amide bonds. The van der Waals surface area contributed by atoms with E-state index in [1.807, 2.05) is 20.9 Å². The normalized spacial score (nSPS) is 11.2. The summed E-state index contributed by atoms with van der Waals surface area (Å²) >= 11 is 7.15.